The highest BCUT2D eigenvalue weighted by molar-refractivity contribution is 6.10. The number of primary amides is 1. The molecular formula is C13H17NO2. The van der Waals surface area contributed by atoms with Gasteiger partial charge in [0.15, 0.2) is 5.78 Å². The summed E-state index contributed by atoms with van der Waals surface area (Å²) in [5.74, 6) is -1.56. The summed E-state index contributed by atoms with van der Waals surface area (Å²) in [4.78, 5) is 23.5. The van der Waals surface area contributed by atoms with Crippen LogP contribution in [0.3, 0.4) is 0 Å². The third-order valence-electron chi connectivity index (χ3n) is 2.47. The smallest absolute Gasteiger partial charge is 0.228 e. The number of rotatable bonds is 3. The van der Waals surface area contributed by atoms with E-state index in [9.17, 15) is 9.59 Å². The van der Waals surface area contributed by atoms with Crippen LogP contribution in [0.4, 0.5) is 0 Å². The Bertz CT molecular complexity index is 390. The van der Waals surface area contributed by atoms with Gasteiger partial charge in [-0.1, -0.05) is 51.1 Å². The third-order valence-corrected chi connectivity index (χ3v) is 2.47. The number of hydrogen-bond acceptors (Lipinski definition) is 2. The van der Waals surface area contributed by atoms with Gasteiger partial charge in [-0.05, 0) is 5.41 Å². The van der Waals surface area contributed by atoms with Gasteiger partial charge < -0.3 is 5.73 Å². The molecular weight excluding hydrogens is 202 g/mol. The van der Waals surface area contributed by atoms with Crippen LogP contribution in [-0.4, -0.2) is 11.7 Å². The van der Waals surface area contributed by atoms with Crippen molar-refractivity contribution in [3.63, 3.8) is 0 Å². The zero-order chi connectivity index (χ0) is 12.3. The summed E-state index contributed by atoms with van der Waals surface area (Å²) < 4.78 is 0. The van der Waals surface area contributed by atoms with Crippen molar-refractivity contribution in [2.45, 2.75) is 20.8 Å². The molecule has 86 valence electrons. The van der Waals surface area contributed by atoms with Gasteiger partial charge in [0.1, 0.15) is 5.92 Å². The number of carbonyl (C=O) groups is 2. The SMILES string of the molecule is CC(C)(C)C(C(N)=O)C(=O)c1ccccc1. The Hall–Kier alpha value is -1.64. The molecule has 1 rings (SSSR count). The Balaban J connectivity index is 3.07. The standard InChI is InChI=1S/C13H17NO2/c1-13(2,3)10(12(14)16)11(15)9-7-5-4-6-8-9/h4-8,10H,1-3H3,(H2,14,16). The topological polar surface area (TPSA) is 60.2 Å². The van der Waals surface area contributed by atoms with Crippen LogP contribution < -0.4 is 5.73 Å². The lowest BCUT2D eigenvalue weighted by Gasteiger charge is -2.26. The molecule has 1 atom stereocenters. The summed E-state index contributed by atoms with van der Waals surface area (Å²) in [6.45, 7) is 5.51. The van der Waals surface area contributed by atoms with Crippen LogP contribution in [-0.2, 0) is 4.79 Å². The first-order valence-corrected chi connectivity index (χ1v) is 5.22. The fraction of sp³-hybridized carbons (Fsp3) is 0.385. The number of ketones is 1. The molecule has 0 saturated heterocycles. The summed E-state index contributed by atoms with van der Waals surface area (Å²) in [6, 6.07) is 8.77. The summed E-state index contributed by atoms with van der Waals surface area (Å²) >= 11 is 0. The summed E-state index contributed by atoms with van der Waals surface area (Å²) in [7, 11) is 0. The molecule has 1 amide bonds. The van der Waals surface area contributed by atoms with Gasteiger partial charge in [-0.3, -0.25) is 9.59 Å². The summed E-state index contributed by atoms with van der Waals surface area (Å²) in [6.07, 6.45) is 0. The van der Waals surface area contributed by atoms with Crippen molar-refractivity contribution in [2.75, 3.05) is 0 Å². The van der Waals surface area contributed by atoms with Crippen molar-refractivity contribution in [3.8, 4) is 0 Å². The van der Waals surface area contributed by atoms with Crippen LogP contribution in [0.2, 0.25) is 0 Å². The largest absolute Gasteiger partial charge is 0.369 e. The number of Topliss-reactive ketones (excluding diaryl/α,β-unsaturated/α-hetero) is 1. The third kappa shape index (κ3) is 2.69. The van der Waals surface area contributed by atoms with E-state index >= 15 is 0 Å². The fourth-order valence-corrected chi connectivity index (χ4v) is 1.72. The van der Waals surface area contributed by atoms with Crippen molar-refractivity contribution in [3.05, 3.63) is 35.9 Å². The molecule has 0 aliphatic carbocycles. The predicted molar refractivity (Wildman–Crippen MR) is 62.9 cm³/mol. The maximum atomic E-state index is 12.1. The number of carbonyl (C=O) groups excluding carboxylic acids is 2. The number of benzene rings is 1. The summed E-state index contributed by atoms with van der Waals surface area (Å²) in [5, 5.41) is 0. The molecule has 3 nitrogen and oxygen atoms in total. The van der Waals surface area contributed by atoms with Gasteiger partial charge in [0.25, 0.3) is 0 Å². The van der Waals surface area contributed by atoms with E-state index in [0.29, 0.717) is 5.56 Å². The average molecular weight is 219 g/mol. The first-order valence-electron chi connectivity index (χ1n) is 5.22. The first-order chi connectivity index (χ1) is 7.34. The van der Waals surface area contributed by atoms with E-state index in [1.165, 1.54) is 0 Å². The molecule has 3 heteroatoms. The van der Waals surface area contributed by atoms with E-state index in [1.807, 2.05) is 26.8 Å². The van der Waals surface area contributed by atoms with Crippen LogP contribution in [0.25, 0.3) is 0 Å². The fourth-order valence-electron chi connectivity index (χ4n) is 1.72. The molecule has 0 radical (unpaired) electrons. The maximum Gasteiger partial charge on any atom is 0.228 e. The lowest BCUT2D eigenvalue weighted by molar-refractivity contribution is -0.122. The van der Waals surface area contributed by atoms with Gasteiger partial charge in [0, 0.05) is 5.56 Å². The summed E-state index contributed by atoms with van der Waals surface area (Å²) in [5.41, 5.74) is 5.37. The zero-order valence-corrected chi connectivity index (χ0v) is 9.86. The van der Waals surface area contributed by atoms with Crippen molar-refractivity contribution in [2.24, 2.45) is 17.1 Å². The molecule has 1 aromatic carbocycles. The van der Waals surface area contributed by atoms with E-state index in [0.717, 1.165) is 0 Å². The van der Waals surface area contributed by atoms with Crippen molar-refractivity contribution in [1.29, 1.82) is 0 Å². The second-order valence-corrected chi connectivity index (χ2v) is 4.93. The molecule has 0 spiro atoms. The first kappa shape index (κ1) is 12.4. The molecule has 16 heavy (non-hydrogen) atoms. The van der Waals surface area contributed by atoms with E-state index < -0.39 is 17.2 Å². The number of nitrogens with two attached hydrogens (primary N) is 1. The Morgan fingerprint density at radius 2 is 1.62 bits per heavy atom. The second-order valence-electron chi connectivity index (χ2n) is 4.93. The Labute approximate surface area is 95.6 Å². The molecule has 0 fully saturated rings. The minimum atomic E-state index is -0.783. The lowest BCUT2D eigenvalue weighted by atomic mass is 9.76. The highest BCUT2D eigenvalue weighted by atomic mass is 16.2. The second kappa shape index (κ2) is 4.47. The monoisotopic (exact) mass is 219 g/mol. The molecule has 2 N–H and O–H groups in total. The van der Waals surface area contributed by atoms with Gasteiger partial charge in [-0.2, -0.15) is 0 Å². The van der Waals surface area contributed by atoms with Gasteiger partial charge in [-0.25, -0.2) is 0 Å². The maximum absolute atomic E-state index is 12.1. The molecule has 0 saturated carbocycles. The van der Waals surface area contributed by atoms with E-state index in [-0.39, 0.29) is 5.78 Å². The van der Waals surface area contributed by atoms with Gasteiger partial charge in [0.05, 0.1) is 0 Å². The van der Waals surface area contributed by atoms with Crippen LogP contribution in [0.15, 0.2) is 30.3 Å². The molecule has 0 heterocycles. The Morgan fingerprint density at radius 1 is 1.12 bits per heavy atom. The van der Waals surface area contributed by atoms with E-state index in [1.54, 1.807) is 24.3 Å². The molecule has 0 aromatic heterocycles. The van der Waals surface area contributed by atoms with Crippen LogP contribution in [0.5, 0.6) is 0 Å². The van der Waals surface area contributed by atoms with Crippen molar-refractivity contribution >= 4 is 11.7 Å². The van der Waals surface area contributed by atoms with E-state index in [2.05, 4.69) is 0 Å². The normalized spacial score (nSPS) is 13.2. The molecule has 0 bridgehead atoms. The predicted octanol–water partition coefficient (Wildman–Crippen LogP) is 2.02. The van der Waals surface area contributed by atoms with Crippen LogP contribution in [0, 0.1) is 11.3 Å². The number of hydrogen-bond donors (Lipinski definition) is 1. The van der Waals surface area contributed by atoms with Crippen LogP contribution in [0.1, 0.15) is 31.1 Å². The molecule has 1 unspecified atom stereocenters. The van der Waals surface area contributed by atoms with Gasteiger partial charge in [-0.15, -0.1) is 0 Å². The van der Waals surface area contributed by atoms with Crippen molar-refractivity contribution < 1.29 is 9.59 Å². The molecule has 0 aliphatic rings. The Morgan fingerprint density at radius 3 is 2.00 bits per heavy atom. The molecule has 0 aliphatic heterocycles. The molecule has 1 aromatic rings. The highest BCUT2D eigenvalue weighted by Gasteiger charge is 2.36. The highest BCUT2D eigenvalue weighted by Crippen LogP contribution is 2.28. The van der Waals surface area contributed by atoms with Crippen molar-refractivity contribution in [1.82, 2.24) is 0 Å². The Kier molecular flexibility index (Phi) is 3.48. The average Bonchev–Trinajstić information content (AvgIpc) is 2.16. The van der Waals surface area contributed by atoms with Gasteiger partial charge in [0.2, 0.25) is 5.91 Å². The van der Waals surface area contributed by atoms with Gasteiger partial charge >= 0.3 is 0 Å². The number of amides is 1. The minimum Gasteiger partial charge on any atom is -0.369 e. The zero-order valence-electron chi connectivity index (χ0n) is 9.86. The van der Waals surface area contributed by atoms with E-state index in [4.69, 9.17) is 5.73 Å². The lowest BCUT2D eigenvalue weighted by Crippen LogP contribution is -2.39. The minimum absolute atomic E-state index is 0.208. The quantitative estimate of drug-likeness (QED) is 0.624. The van der Waals surface area contributed by atoms with Crippen LogP contribution >= 0.6 is 0 Å².